The van der Waals surface area contributed by atoms with E-state index in [1.807, 2.05) is 0 Å². The summed E-state index contributed by atoms with van der Waals surface area (Å²) in [7, 11) is 2.12. The second kappa shape index (κ2) is 7.32. The van der Waals surface area contributed by atoms with Crippen LogP contribution in [-0.2, 0) is 0 Å². The van der Waals surface area contributed by atoms with Gasteiger partial charge in [-0.1, -0.05) is 26.3 Å². The van der Waals surface area contributed by atoms with Gasteiger partial charge in [0.1, 0.15) is 0 Å². The summed E-state index contributed by atoms with van der Waals surface area (Å²) in [5.74, 6) is 0. The predicted molar refractivity (Wildman–Crippen MR) is 55.2 cm³/mol. The summed E-state index contributed by atoms with van der Waals surface area (Å²) >= 11 is 0. The van der Waals surface area contributed by atoms with Gasteiger partial charge in [-0.05, 0) is 25.6 Å². The van der Waals surface area contributed by atoms with E-state index in [1.54, 1.807) is 0 Å². The Balaban J connectivity index is 3.32. The lowest BCUT2D eigenvalue weighted by atomic mass is 10.2. The van der Waals surface area contributed by atoms with E-state index in [0.717, 1.165) is 18.7 Å². The maximum Gasteiger partial charge on any atom is 0.0199 e. The van der Waals surface area contributed by atoms with Crippen molar-refractivity contribution >= 4 is 0 Å². The lowest BCUT2D eigenvalue weighted by Gasteiger charge is -2.16. The van der Waals surface area contributed by atoms with Gasteiger partial charge in [-0.2, -0.15) is 0 Å². The van der Waals surface area contributed by atoms with Crippen molar-refractivity contribution in [3.63, 3.8) is 0 Å². The first-order valence-electron chi connectivity index (χ1n) is 4.76. The van der Waals surface area contributed by atoms with Crippen molar-refractivity contribution in [3.05, 3.63) is 12.2 Å². The Labute approximate surface area is 76.4 Å². The lowest BCUT2D eigenvalue weighted by molar-refractivity contribution is 0.350. The van der Waals surface area contributed by atoms with Crippen LogP contribution in [0.3, 0.4) is 0 Å². The van der Waals surface area contributed by atoms with Gasteiger partial charge in [0.15, 0.2) is 0 Å². The maximum absolute atomic E-state index is 5.45. The van der Waals surface area contributed by atoms with Gasteiger partial charge >= 0.3 is 0 Å². The van der Waals surface area contributed by atoms with E-state index in [2.05, 4.69) is 25.5 Å². The molecule has 0 fully saturated rings. The van der Waals surface area contributed by atoms with Crippen molar-refractivity contribution in [2.24, 2.45) is 5.73 Å². The van der Waals surface area contributed by atoms with Crippen molar-refractivity contribution in [1.29, 1.82) is 0 Å². The van der Waals surface area contributed by atoms with Crippen LogP contribution in [0.5, 0.6) is 0 Å². The highest BCUT2D eigenvalue weighted by molar-refractivity contribution is 4.97. The molecule has 0 heterocycles. The zero-order valence-corrected chi connectivity index (χ0v) is 8.47. The first-order valence-corrected chi connectivity index (χ1v) is 4.76. The molecule has 0 aliphatic rings. The van der Waals surface area contributed by atoms with E-state index in [-0.39, 0.29) is 0 Å². The third-order valence-electron chi connectivity index (χ3n) is 1.93. The zero-order valence-electron chi connectivity index (χ0n) is 8.47. The highest BCUT2D eigenvalue weighted by atomic mass is 15.1. The lowest BCUT2D eigenvalue weighted by Crippen LogP contribution is -2.24. The number of nitrogens with zero attached hydrogens (tertiary/aromatic N) is 1. The molecule has 0 spiro atoms. The summed E-state index contributed by atoms with van der Waals surface area (Å²) in [6, 6.07) is 0. The Morgan fingerprint density at radius 2 is 2.08 bits per heavy atom. The molecule has 0 saturated heterocycles. The number of hydrogen-bond donors (Lipinski definition) is 1. The monoisotopic (exact) mass is 170 g/mol. The van der Waals surface area contributed by atoms with Crippen LogP contribution in [0.2, 0.25) is 0 Å². The number of likely N-dealkylation sites (N-methyl/N-ethyl adjacent to an activating group) is 1. The highest BCUT2D eigenvalue weighted by Gasteiger charge is 1.98. The normalized spacial score (nSPS) is 10.7. The topological polar surface area (TPSA) is 29.3 Å². The van der Waals surface area contributed by atoms with Gasteiger partial charge < -0.3 is 10.6 Å². The van der Waals surface area contributed by atoms with Crippen LogP contribution in [0.1, 0.15) is 26.2 Å². The largest absolute Gasteiger partial charge is 0.327 e. The zero-order chi connectivity index (χ0) is 9.40. The van der Waals surface area contributed by atoms with Crippen molar-refractivity contribution in [1.82, 2.24) is 4.90 Å². The van der Waals surface area contributed by atoms with Crippen LogP contribution < -0.4 is 5.73 Å². The fourth-order valence-electron chi connectivity index (χ4n) is 1.16. The second-order valence-corrected chi connectivity index (χ2v) is 3.40. The predicted octanol–water partition coefficient (Wildman–Crippen LogP) is 1.62. The molecule has 0 unspecified atom stereocenters. The summed E-state index contributed by atoms with van der Waals surface area (Å²) < 4.78 is 0. The van der Waals surface area contributed by atoms with Crippen molar-refractivity contribution in [3.8, 4) is 0 Å². The standard InChI is InChI=1S/C10H22N2/c1-4-5-6-7-12(3)9-10(2)8-11/h2,4-9,11H2,1,3H3. The fourth-order valence-corrected chi connectivity index (χ4v) is 1.16. The van der Waals surface area contributed by atoms with E-state index >= 15 is 0 Å². The molecule has 0 radical (unpaired) electrons. The SMILES string of the molecule is C=C(CN)CN(C)CCCCC. The van der Waals surface area contributed by atoms with Crippen LogP contribution in [0.4, 0.5) is 0 Å². The molecule has 0 aliphatic carbocycles. The molecule has 2 heteroatoms. The number of hydrogen-bond acceptors (Lipinski definition) is 2. The number of unbranched alkanes of at least 4 members (excludes halogenated alkanes) is 2. The minimum absolute atomic E-state index is 0.609. The first-order chi connectivity index (χ1) is 5.70. The van der Waals surface area contributed by atoms with E-state index < -0.39 is 0 Å². The minimum Gasteiger partial charge on any atom is -0.327 e. The van der Waals surface area contributed by atoms with E-state index in [4.69, 9.17) is 5.73 Å². The maximum atomic E-state index is 5.45. The van der Waals surface area contributed by atoms with Gasteiger partial charge in [0.2, 0.25) is 0 Å². The molecule has 2 nitrogen and oxygen atoms in total. The molecule has 0 aromatic carbocycles. The molecule has 0 atom stereocenters. The molecule has 0 bridgehead atoms. The molecular formula is C10H22N2. The van der Waals surface area contributed by atoms with Crippen LogP contribution in [0.25, 0.3) is 0 Å². The second-order valence-electron chi connectivity index (χ2n) is 3.40. The molecule has 0 aromatic rings. The number of nitrogens with two attached hydrogens (primary N) is 1. The summed E-state index contributed by atoms with van der Waals surface area (Å²) in [6.45, 7) is 8.81. The third-order valence-corrected chi connectivity index (χ3v) is 1.93. The van der Waals surface area contributed by atoms with Crippen molar-refractivity contribution in [2.45, 2.75) is 26.2 Å². The molecule has 2 N–H and O–H groups in total. The van der Waals surface area contributed by atoms with Crippen LogP contribution in [0, 0.1) is 0 Å². The molecule has 0 saturated carbocycles. The molecular weight excluding hydrogens is 148 g/mol. The van der Waals surface area contributed by atoms with Crippen molar-refractivity contribution < 1.29 is 0 Å². The summed E-state index contributed by atoms with van der Waals surface area (Å²) in [6.07, 6.45) is 3.88. The molecule has 72 valence electrons. The summed E-state index contributed by atoms with van der Waals surface area (Å²) in [5.41, 5.74) is 6.57. The molecule has 0 amide bonds. The fraction of sp³-hybridized carbons (Fsp3) is 0.800. The molecule has 0 rings (SSSR count). The van der Waals surface area contributed by atoms with E-state index in [0.29, 0.717) is 6.54 Å². The minimum atomic E-state index is 0.609. The molecule has 0 aromatic heterocycles. The van der Waals surface area contributed by atoms with Gasteiger partial charge in [-0.3, -0.25) is 0 Å². The highest BCUT2D eigenvalue weighted by Crippen LogP contribution is 1.98. The van der Waals surface area contributed by atoms with Crippen LogP contribution >= 0.6 is 0 Å². The first kappa shape index (κ1) is 11.7. The third kappa shape index (κ3) is 6.38. The summed E-state index contributed by atoms with van der Waals surface area (Å²) in [4.78, 5) is 2.28. The van der Waals surface area contributed by atoms with Gasteiger partial charge in [-0.15, -0.1) is 0 Å². The summed E-state index contributed by atoms with van der Waals surface area (Å²) in [5, 5.41) is 0. The van der Waals surface area contributed by atoms with Gasteiger partial charge in [0.05, 0.1) is 0 Å². The molecule has 12 heavy (non-hydrogen) atoms. The Morgan fingerprint density at radius 1 is 1.42 bits per heavy atom. The van der Waals surface area contributed by atoms with E-state index in [1.165, 1.54) is 19.3 Å². The van der Waals surface area contributed by atoms with Crippen LogP contribution in [-0.4, -0.2) is 31.6 Å². The van der Waals surface area contributed by atoms with Gasteiger partial charge in [-0.25, -0.2) is 0 Å². The Hall–Kier alpha value is -0.340. The van der Waals surface area contributed by atoms with Crippen molar-refractivity contribution in [2.75, 3.05) is 26.7 Å². The van der Waals surface area contributed by atoms with Gasteiger partial charge in [0.25, 0.3) is 0 Å². The quantitative estimate of drug-likeness (QED) is 0.465. The number of rotatable bonds is 7. The Morgan fingerprint density at radius 3 is 2.58 bits per heavy atom. The Bertz CT molecular complexity index is 121. The average Bonchev–Trinajstić information content (AvgIpc) is 2.05. The van der Waals surface area contributed by atoms with E-state index in [9.17, 15) is 0 Å². The van der Waals surface area contributed by atoms with Gasteiger partial charge in [0, 0.05) is 13.1 Å². The molecule has 0 aliphatic heterocycles. The van der Waals surface area contributed by atoms with Crippen LogP contribution in [0.15, 0.2) is 12.2 Å². The smallest absolute Gasteiger partial charge is 0.0199 e. The average molecular weight is 170 g/mol. The Kier molecular flexibility index (Phi) is 7.11.